The number of amides is 1. The van der Waals surface area contributed by atoms with E-state index in [2.05, 4.69) is 23.3 Å². The summed E-state index contributed by atoms with van der Waals surface area (Å²) < 4.78 is 28.8. The smallest absolute Gasteiger partial charge is 0.252 e. The van der Waals surface area contributed by atoms with E-state index in [1.165, 1.54) is 18.3 Å². The second-order valence-corrected chi connectivity index (χ2v) is 6.56. The van der Waals surface area contributed by atoms with Crippen LogP contribution in [0.3, 0.4) is 0 Å². The highest BCUT2D eigenvalue weighted by atomic mass is 19.1. The van der Waals surface area contributed by atoms with Gasteiger partial charge in [-0.25, -0.2) is 13.3 Å². The van der Waals surface area contributed by atoms with Gasteiger partial charge in [-0.2, -0.15) is 5.10 Å². The Morgan fingerprint density at radius 3 is 2.43 bits per heavy atom. The summed E-state index contributed by atoms with van der Waals surface area (Å²) in [6.07, 6.45) is 12.2. The first-order valence-corrected chi connectivity index (χ1v) is 9.84. The molecule has 30 heavy (non-hydrogen) atoms. The van der Waals surface area contributed by atoms with Gasteiger partial charge in [-0.3, -0.25) is 4.79 Å². The number of nitrogens with zero attached hydrogens (tertiary/aromatic N) is 2. The Hall–Kier alpha value is -3.40. The number of primary amides is 1. The van der Waals surface area contributed by atoms with Gasteiger partial charge in [0.2, 0.25) is 0 Å². The van der Waals surface area contributed by atoms with Crippen LogP contribution < -0.4 is 11.1 Å². The molecule has 0 saturated heterocycles. The van der Waals surface area contributed by atoms with Crippen LogP contribution in [0.25, 0.3) is 16.6 Å². The van der Waals surface area contributed by atoms with E-state index in [0.717, 1.165) is 17.5 Å². The first-order valence-electron chi connectivity index (χ1n) is 9.84. The van der Waals surface area contributed by atoms with Crippen molar-refractivity contribution < 1.29 is 13.6 Å². The zero-order valence-electron chi connectivity index (χ0n) is 17.1. The number of rotatable bonds is 4. The Kier molecular flexibility index (Phi) is 7.93. The van der Waals surface area contributed by atoms with Gasteiger partial charge in [-0.05, 0) is 43.0 Å². The fraction of sp³-hybridized carbons (Fsp3) is 0.304. The molecule has 1 fully saturated rings. The van der Waals surface area contributed by atoms with Gasteiger partial charge in [-0.1, -0.05) is 26.0 Å². The van der Waals surface area contributed by atoms with Gasteiger partial charge in [0.25, 0.3) is 5.91 Å². The number of aromatic nitrogens is 2. The molecule has 7 heteroatoms. The van der Waals surface area contributed by atoms with Gasteiger partial charge in [0.1, 0.15) is 12.0 Å². The second kappa shape index (κ2) is 10.4. The molecule has 4 rings (SSSR count). The van der Waals surface area contributed by atoms with Gasteiger partial charge in [0, 0.05) is 11.8 Å². The minimum atomic E-state index is -0.963. The van der Waals surface area contributed by atoms with Crippen LogP contribution in [0.5, 0.6) is 0 Å². The number of benzene rings is 1. The van der Waals surface area contributed by atoms with Crippen LogP contribution in [-0.4, -0.2) is 27.7 Å². The van der Waals surface area contributed by atoms with Crippen molar-refractivity contribution in [2.24, 2.45) is 5.73 Å². The number of carbonyl (C=O) groups is 1. The third-order valence-electron chi connectivity index (χ3n) is 4.84. The van der Waals surface area contributed by atoms with E-state index in [1.54, 1.807) is 22.8 Å². The maximum atomic E-state index is 14.1. The first kappa shape index (κ1) is 22.9. The van der Waals surface area contributed by atoms with E-state index < -0.39 is 12.1 Å². The molecule has 0 spiro atoms. The van der Waals surface area contributed by atoms with Crippen LogP contribution in [0, 0.1) is 18.7 Å². The molecule has 2 heterocycles. The lowest BCUT2D eigenvalue weighted by molar-refractivity contribution is 0.100. The molecule has 1 amide bonds. The molecule has 0 radical (unpaired) electrons. The predicted molar refractivity (Wildman–Crippen MR) is 116 cm³/mol. The van der Waals surface area contributed by atoms with Crippen molar-refractivity contribution in [2.45, 2.75) is 45.3 Å². The predicted octanol–water partition coefficient (Wildman–Crippen LogP) is 4.82. The number of hydrogen-bond donors (Lipinski definition) is 2. The van der Waals surface area contributed by atoms with Crippen molar-refractivity contribution in [1.82, 2.24) is 9.61 Å². The highest BCUT2D eigenvalue weighted by Gasteiger charge is 2.28. The molecule has 0 aliphatic heterocycles. The van der Waals surface area contributed by atoms with E-state index in [-0.39, 0.29) is 17.4 Å². The Bertz CT molecular complexity index is 1010. The summed E-state index contributed by atoms with van der Waals surface area (Å²) in [7, 11) is 0. The molecule has 1 aliphatic rings. The fourth-order valence-electron chi connectivity index (χ4n) is 3.46. The third kappa shape index (κ3) is 4.77. The summed E-state index contributed by atoms with van der Waals surface area (Å²) in [6.45, 7) is 4.00. The number of anilines is 1. The zero-order valence-corrected chi connectivity index (χ0v) is 17.1. The van der Waals surface area contributed by atoms with Crippen molar-refractivity contribution in [1.29, 1.82) is 0 Å². The summed E-state index contributed by atoms with van der Waals surface area (Å²) in [4.78, 5) is 11.8. The largest absolute Gasteiger partial charge is 0.377 e. The van der Waals surface area contributed by atoms with E-state index >= 15 is 0 Å². The number of terminal acetylenes is 1. The summed E-state index contributed by atoms with van der Waals surface area (Å²) in [5.41, 5.74) is 8.44. The summed E-state index contributed by atoms with van der Waals surface area (Å²) in [5.74, 6) is -0.940. The van der Waals surface area contributed by atoms with Gasteiger partial charge in [0.15, 0.2) is 0 Å². The molecule has 2 aromatic heterocycles. The number of nitrogens with one attached hydrogen (secondary N) is 1. The summed E-state index contributed by atoms with van der Waals surface area (Å²) >= 11 is 0. The van der Waals surface area contributed by atoms with E-state index in [0.29, 0.717) is 24.0 Å². The van der Waals surface area contributed by atoms with Gasteiger partial charge in [-0.15, -0.1) is 12.8 Å². The Morgan fingerprint density at radius 2 is 1.87 bits per heavy atom. The van der Waals surface area contributed by atoms with Crippen LogP contribution >= 0.6 is 0 Å². The van der Waals surface area contributed by atoms with Crippen molar-refractivity contribution in [3.63, 3.8) is 0 Å². The Balaban J connectivity index is 0.000000757. The minimum absolute atomic E-state index is 0.223. The average Bonchev–Trinajstić information content (AvgIpc) is 3.38. The first-order chi connectivity index (χ1) is 14.5. The average molecular weight is 412 g/mol. The molecule has 0 unspecified atom stereocenters. The molecule has 2 atom stereocenters. The lowest BCUT2D eigenvalue weighted by atomic mass is 10.1. The molecule has 3 N–H and O–H groups in total. The maximum absolute atomic E-state index is 14.1. The molecule has 1 aliphatic carbocycles. The maximum Gasteiger partial charge on any atom is 0.252 e. The normalized spacial score (nSPS) is 17.4. The van der Waals surface area contributed by atoms with Crippen LogP contribution in [0.1, 0.15) is 43.5 Å². The molecule has 1 aromatic carbocycles. The van der Waals surface area contributed by atoms with Crippen LogP contribution in [0.2, 0.25) is 0 Å². The molecular formula is C23H26F2N4O. The molecular weight excluding hydrogens is 386 g/mol. The summed E-state index contributed by atoms with van der Waals surface area (Å²) in [5, 5.41) is 7.39. The molecule has 0 bridgehead atoms. The van der Waals surface area contributed by atoms with Crippen molar-refractivity contribution in [2.75, 3.05) is 5.32 Å². The number of halogens is 2. The molecule has 5 nitrogen and oxygen atoms in total. The molecule has 3 aromatic rings. The Labute approximate surface area is 175 Å². The minimum Gasteiger partial charge on any atom is -0.377 e. The SMILES string of the molecule is C#C.CC.NC(=O)c1cnn2cc(-c3ccc(F)cc3)cc2c1N[C@@H]1CCC[C@@H]1F. The van der Waals surface area contributed by atoms with Gasteiger partial charge < -0.3 is 11.1 Å². The molecule has 158 valence electrons. The van der Waals surface area contributed by atoms with E-state index in [1.807, 2.05) is 19.9 Å². The van der Waals surface area contributed by atoms with Crippen molar-refractivity contribution in [3.05, 3.63) is 54.1 Å². The standard InChI is InChI=1S/C19H18F2N4O.C2H6.C2H2/c20-13-6-4-11(5-7-13)12-8-17-18(24-16-3-1-2-15(16)21)14(19(22)26)9-23-25(17)10-12;2*1-2/h4-10,15-16,24H,1-3H2,(H2,22,26);1-2H3;1-2H/t15-,16+;;/m0../s1. The van der Waals surface area contributed by atoms with E-state index in [4.69, 9.17) is 5.73 Å². The second-order valence-electron chi connectivity index (χ2n) is 6.56. The quantitative estimate of drug-likeness (QED) is 0.604. The number of hydrogen-bond acceptors (Lipinski definition) is 3. The van der Waals surface area contributed by atoms with Crippen molar-refractivity contribution in [3.8, 4) is 24.0 Å². The van der Waals surface area contributed by atoms with E-state index in [9.17, 15) is 13.6 Å². The number of alkyl halides is 1. The highest BCUT2D eigenvalue weighted by Crippen LogP contribution is 2.32. The topological polar surface area (TPSA) is 72.4 Å². The summed E-state index contributed by atoms with van der Waals surface area (Å²) in [6, 6.07) is 7.57. The van der Waals surface area contributed by atoms with Crippen LogP contribution in [0.4, 0.5) is 14.5 Å². The van der Waals surface area contributed by atoms with Crippen molar-refractivity contribution >= 4 is 17.1 Å². The third-order valence-corrected chi connectivity index (χ3v) is 4.84. The van der Waals surface area contributed by atoms with Crippen LogP contribution in [0.15, 0.2) is 42.7 Å². The van der Waals surface area contributed by atoms with Gasteiger partial charge in [0.05, 0.1) is 29.0 Å². The number of carbonyl (C=O) groups excluding carboxylic acids is 1. The number of fused-ring (bicyclic) bond motifs is 1. The number of nitrogens with two attached hydrogens (primary N) is 1. The monoisotopic (exact) mass is 412 g/mol. The zero-order chi connectivity index (χ0) is 22.3. The molecule has 1 saturated carbocycles. The van der Waals surface area contributed by atoms with Gasteiger partial charge >= 0.3 is 0 Å². The lowest BCUT2D eigenvalue weighted by Gasteiger charge is -2.19. The fourth-order valence-corrected chi connectivity index (χ4v) is 3.46. The Morgan fingerprint density at radius 1 is 1.20 bits per heavy atom. The lowest BCUT2D eigenvalue weighted by Crippen LogP contribution is -2.27. The van der Waals surface area contributed by atoms with Crippen LogP contribution in [-0.2, 0) is 0 Å². The highest BCUT2D eigenvalue weighted by molar-refractivity contribution is 6.02.